The molecule has 1 amide bonds. The molecule has 0 heterocycles. The van der Waals surface area contributed by atoms with Crippen LogP contribution in [0, 0.1) is 5.82 Å². The van der Waals surface area contributed by atoms with Crippen molar-refractivity contribution in [3.63, 3.8) is 0 Å². The van der Waals surface area contributed by atoms with Crippen molar-refractivity contribution < 1.29 is 23.8 Å². The van der Waals surface area contributed by atoms with Crippen LogP contribution in [0.1, 0.15) is 16.4 Å². The number of ether oxygens (including phenoxy) is 1. The maximum absolute atomic E-state index is 13.4. The number of hydrogen-bond acceptors (Lipinski definition) is 5. The molecule has 3 aromatic carbocycles. The number of carbonyl (C=O) groups excluding carboxylic acids is 1. The number of carbonyl (C=O) groups is 2. The van der Waals surface area contributed by atoms with Crippen LogP contribution in [0.25, 0.3) is 0 Å². The fraction of sp³-hybridized carbons (Fsp3) is 0.130. The molecular formula is C23H21FN2O4S. The molecule has 0 bridgehead atoms. The van der Waals surface area contributed by atoms with E-state index in [1.165, 1.54) is 36.0 Å². The second kappa shape index (κ2) is 10.5. The molecule has 0 spiro atoms. The van der Waals surface area contributed by atoms with Crippen LogP contribution in [-0.2, 0) is 16.1 Å². The minimum absolute atomic E-state index is 0.000989. The molecule has 2 unspecified atom stereocenters. The molecule has 0 aliphatic heterocycles. The number of anilines is 1. The lowest BCUT2D eigenvalue weighted by molar-refractivity contribution is -0.139. The minimum atomic E-state index is -1.35. The lowest BCUT2D eigenvalue weighted by Gasteiger charge is -2.25. The molecule has 0 aliphatic carbocycles. The van der Waals surface area contributed by atoms with Crippen LogP contribution in [-0.4, -0.2) is 23.2 Å². The third-order valence-corrected chi connectivity index (χ3v) is 5.85. The van der Waals surface area contributed by atoms with Gasteiger partial charge in [0.05, 0.1) is 5.25 Å². The average molecular weight is 440 g/mol. The quantitative estimate of drug-likeness (QED) is 0.349. The van der Waals surface area contributed by atoms with Crippen LogP contribution in [0.3, 0.4) is 0 Å². The van der Waals surface area contributed by atoms with Gasteiger partial charge in [0.25, 0.3) is 0 Å². The van der Waals surface area contributed by atoms with E-state index in [2.05, 4.69) is 5.32 Å². The molecule has 0 fully saturated rings. The fourth-order valence-corrected chi connectivity index (χ4v) is 4.11. The van der Waals surface area contributed by atoms with E-state index >= 15 is 0 Å². The fourth-order valence-electron chi connectivity index (χ4n) is 2.86. The SMILES string of the molecule is Nc1ccccc1SC(c1ccc(F)cc1)C(NC(=O)OCc1ccccc1)C(=O)O. The molecule has 0 saturated carbocycles. The number of halogens is 1. The van der Waals surface area contributed by atoms with Crippen LogP contribution < -0.4 is 11.1 Å². The van der Waals surface area contributed by atoms with Gasteiger partial charge in [-0.15, -0.1) is 11.8 Å². The number of aliphatic carboxylic acids is 1. The minimum Gasteiger partial charge on any atom is -0.480 e. The summed E-state index contributed by atoms with van der Waals surface area (Å²) in [7, 11) is 0. The van der Waals surface area contributed by atoms with E-state index in [1.54, 1.807) is 36.4 Å². The van der Waals surface area contributed by atoms with Crippen molar-refractivity contribution in [2.45, 2.75) is 22.8 Å². The number of amides is 1. The Bertz CT molecular complexity index is 1030. The number of benzene rings is 3. The molecule has 0 aliphatic rings. The normalized spacial score (nSPS) is 12.5. The van der Waals surface area contributed by atoms with Gasteiger partial charge in [-0.3, -0.25) is 0 Å². The van der Waals surface area contributed by atoms with E-state index in [1.807, 2.05) is 18.2 Å². The number of nitrogens with one attached hydrogen (secondary N) is 1. The molecule has 0 aromatic heterocycles. The smallest absolute Gasteiger partial charge is 0.408 e. The summed E-state index contributed by atoms with van der Waals surface area (Å²) in [5, 5.41) is 11.5. The summed E-state index contributed by atoms with van der Waals surface area (Å²) >= 11 is 1.17. The second-order valence-corrected chi connectivity index (χ2v) is 7.83. The highest BCUT2D eigenvalue weighted by molar-refractivity contribution is 7.99. The molecule has 8 heteroatoms. The first-order valence-corrected chi connectivity index (χ1v) is 10.3. The third kappa shape index (κ3) is 6.23. The van der Waals surface area contributed by atoms with Crippen LogP contribution in [0.5, 0.6) is 0 Å². The molecule has 3 aromatic rings. The summed E-state index contributed by atoms with van der Waals surface area (Å²) in [5.74, 6) is -1.71. The number of para-hydroxylation sites is 1. The van der Waals surface area contributed by atoms with Gasteiger partial charge in [-0.05, 0) is 35.4 Å². The Kier molecular flexibility index (Phi) is 7.50. The maximum Gasteiger partial charge on any atom is 0.408 e. The molecule has 3 rings (SSSR count). The lowest BCUT2D eigenvalue weighted by Crippen LogP contribution is -2.44. The standard InChI is InChI=1S/C23H21FN2O4S/c24-17-12-10-16(11-13-17)21(31-19-9-5-4-8-18(19)25)20(22(27)28)26-23(29)30-14-15-6-2-1-3-7-15/h1-13,20-21H,14,25H2,(H,26,29)(H,27,28). The molecule has 0 radical (unpaired) electrons. The Morgan fingerprint density at radius 2 is 1.65 bits per heavy atom. The number of nitrogens with two attached hydrogens (primary N) is 1. The number of alkyl carbamates (subject to hydrolysis) is 1. The van der Waals surface area contributed by atoms with Gasteiger partial charge in [-0.1, -0.05) is 54.6 Å². The number of nitrogen functional groups attached to an aromatic ring is 1. The van der Waals surface area contributed by atoms with Crippen molar-refractivity contribution in [1.29, 1.82) is 0 Å². The molecule has 31 heavy (non-hydrogen) atoms. The van der Waals surface area contributed by atoms with Gasteiger partial charge in [-0.2, -0.15) is 0 Å². The van der Waals surface area contributed by atoms with E-state index in [4.69, 9.17) is 10.5 Å². The number of carboxylic acids is 1. The van der Waals surface area contributed by atoms with E-state index in [9.17, 15) is 19.1 Å². The number of hydrogen-bond donors (Lipinski definition) is 3. The van der Waals surface area contributed by atoms with Gasteiger partial charge in [0.2, 0.25) is 0 Å². The average Bonchev–Trinajstić information content (AvgIpc) is 2.77. The third-order valence-electron chi connectivity index (χ3n) is 4.43. The van der Waals surface area contributed by atoms with Crippen molar-refractivity contribution in [2.24, 2.45) is 0 Å². The molecule has 0 saturated heterocycles. The Hall–Kier alpha value is -3.52. The van der Waals surface area contributed by atoms with Gasteiger partial charge < -0.3 is 20.9 Å². The summed E-state index contributed by atoms with van der Waals surface area (Å²) in [6.07, 6.45) is -0.870. The predicted octanol–water partition coefficient (Wildman–Crippen LogP) is 4.62. The van der Waals surface area contributed by atoms with E-state index in [0.717, 1.165) is 5.56 Å². The summed E-state index contributed by atoms with van der Waals surface area (Å²) in [5.41, 5.74) is 7.78. The molecule has 160 valence electrons. The van der Waals surface area contributed by atoms with Gasteiger partial charge in [0, 0.05) is 10.6 Å². The van der Waals surface area contributed by atoms with Crippen LogP contribution in [0.2, 0.25) is 0 Å². The van der Waals surface area contributed by atoms with Crippen LogP contribution in [0.4, 0.5) is 14.9 Å². The van der Waals surface area contributed by atoms with Gasteiger partial charge in [0.15, 0.2) is 0 Å². The van der Waals surface area contributed by atoms with Crippen molar-refractivity contribution in [1.82, 2.24) is 5.32 Å². The first-order valence-electron chi connectivity index (χ1n) is 9.40. The van der Waals surface area contributed by atoms with Crippen LogP contribution >= 0.6 is 11.8 Å². The van der Waals surface area contributed by atoms with Crippen molar-refractivity contribution in [2.75, 3.05) is 5.73 Å². The summed E-state index contributed by atoms with van der Waals surface area (Å²) in [4.78, 5) is 25.1. The zero-order valence-electron chi connectivity index (χ0n) is 16.4. The molecule has 4 N–H and O–H groups in total. The first-order chi connectivity index (χ1) is 14.9. The summed E-state index contributed by atoms with van der Waals surface area (Å²) in [6.45, 7) is -0.000989. The van der Waals surface area contributed by atoms with Gasteiger partial charge >= 0.3 is 12.1 Å². The second-order valence-electron chi connectivity index (χ2n) is 6.65. The monoisotopic (exact) mass is 440 g/mol. The summed E-state index contributed by atoms with van der Waals surface area (Å²) in [6, 6.07) is 20.1. The number of thioether (sulfide) groups is 1. The predicted molar refractivity (Wildman–Crippen MR) is 117 cm³/mol. The highest BCUT2D eigenvalue weighted by Crippen LogP contribution is 2.40. The highest BCUT2D eigenvalue weighted by Gasteiger charge is 2.33. The Morgan fingerprint density at radius 1 is 1.00 bits per heavy atom. The lowest BCUT2D eigenvalue weighted by atomic mass is 10.1. The topological polar surface area (TPSA) is 102 Å². The van der Waals surface area contributed by atoms with Gasteiger partial charge in [-0.25, -0.2) is 14.0 Å². The van der Waals surface area contributed by atoms with Crippen molar-refractivity contribution in [3.05, 3.63) is 95.8 Å². The molecule has 2 atom stereocenters. The van der Waals surface area contributed by atoms with E-state index in [0.29, 0.717) is 16.1 Å². The van der Waals surface area contributed by atoms with E-state index < -0.39 is 29.2 Å². The van der Waals surface area contributed by atoms with Crippen LogP contribution in [0.15, 0.2) is 83.8 Å². The van der Waals surface area contributed by atoms with E-state index in [-0.39, 0.29) is 6.61 Å². The zero-order valence-corrected chi connectivity index (χ0v) is 17.2. The Balaban J connectivity index is 1.82. The van der Waals surface area contributed by atoms with Crippen molar-refractivity contribution >= 4 is 29.5 Å². The highest BCUT2D eigenvalue weighted by atomic mass is 32.2. The number of rotatable bonds is 8. The molecular weight excluding hydrogens is 419 g/mol. The Morgan fingerprint density at radius 3 is 2.29 bits per heavy atom. The Labute approximate surface area is 183 Å². The summed E-state index contributed by atoms with van der Waals surface area (Å²) < 4.78 is 18.6. The largest absolute Gasteiger partial charge is 0.480 e. The first kappa shape index (κ1) is 22.2. The maximum atomic E-state index is 13.4. The number of carboxylic acid groups (broad SMARTS) is 1. The van der Waals surface area contributed by atoms with Gasteiger partial charge in [0.1, 0.15) is 18.5 Å². The molecule has 6 nitrogen and oxygen atoms in total. The zero-order chi connectivity index (χ0) is 22.2. The van der Waals surface area contributed by atoms with Crippen molar-refractivity contribution in [3.8, 4) is 0 Å².